The van der Waals surface area contributed by atoms with Gasteiger partial charge in [-0.15, -0.1) is 0 Å². The molecule has 1 unspecified atom stereocenters. The molecule has 1 aliphatic rings. The van der Waals surface area contributed by atoms with Crippen LogP contribution >= 0.6 is 0 Å². The number of likely N-dealkylation sites (N-methyl/N-ethyl adjacent to an activating group) is 1. The Kier molecular flexibility index (Phi) is 4.20. The van der Waals surface area contributed by atoms with Gasteiger partial charge in [-0.25, -0.2) is 4.79 Å². The first-order valence-electron chi connectivity index (χ1n) is 5.38. The lowest BCUT2D eigenvalue weighted by molar-refractivity contribution is 0.117. The summed E-state index contributed by atoms with van der Waals surface area (Å²) in [5, 5.41) is 2.92. The molecular weight excluding hydrogens is 178 g/mol. The van der Waals surface area contributed by atoms with Crippen LogP contribution in [0.25, 0.3) is 0 Å². The van der Waals surface area contributed by atoms with Crippen molar-refractivity contribution in [3.8, 4) is 0 Å². The molecule has 1 fully saturated rings. The van der Waals surface area contributed by atoms with Crippen LogP contribution < -0.4 is 5.32 Å². The number of rotatable bonds is 2. The lowest BCUT2D eigenvalue weighted by Crippen LogP contribution is -2.55. The van der Waals surface area contributed by atoms with E-state index < -0.39 is 0 Å². The maximum Gasteiger partial charge on any atom is 0.317 e. The van der Waals surface area contributed by atoms with E-state index in [0.29, 0.717) is 6.04 Å². The zero-order valence-corrected chi connectivity index (χ0v) is 9.42. The topological polar surface area (TPSA) is 35.6 Å². The minimum Gasteiger partial charge on any atom is -0.338 e. The summed E-state index contributed by atoms with van der Waals surface area (Å²) in [5.74, 6) is 0. The third-order valence-electron chi connectivity index (χ3n) is 2.62. The first-order chi connectivity index (χ1) is 6.65. The highest BCUT2D eigenvalue weighted by Gasteiger charge is 2.24. The van der Waals surface area contributed by atoms with Crippen molar-refractivity contribution in [2.75, 3.05) is 33.2 Å². The Bertz CT molecular complexity index is 196. The van der Waals surface area contributed by atoms with Gasteiger partial charge in [0, 0.05) is 32.2 Å². The molecule has 0 aliphatic carbocycles. The predicted molar refractivity (Wildman–Crippen MR) is 57.4 cm³/mol. The lowest BCUT2D eigenvalue weighted by Gasteiger charge is -2.38. The fraction of sp³-hybridized carbons (Fsp3) is 0.900. The summed E-state index contributed by atoms with van der Waals surface area (Å²) in [6.45, 7) is 7.73. The number of urea groups is 1. The van der Waals surface area contributed by atoms with Crippen LogP contribution in [-0.4, -0.2) is 55.1 Å². The largest absolute Gasteiger partial charge is 0.338 e. The molecule has 2 amide bonds. The second kappa shape index (κ2) is 5.20. The molecule has 0 saturated carbocycles. The standard InChI is InChI=1S/C10H21N3O/c1-4-5-11-10(14)13-7-6-12(3)8-9(13)2/h9H,4-8H2,1-3H3,(H,11,14). The van der Waals surface area contributed by atoms with Crippen LogP contribution in [0.15, 0.2) is 0 Å². The van der Waals surface area contributed by atoms with E-state index in [1.54, 1.807) is 0 Å². The number of carbonyl (C=O) groups is 1. The number of amides is 2. The van der Waals surface area contributed by atoms with Gasteiger partial charge in [0.2, 0.25) is 0 Å². The third kappa shape index (κ3) is 2.87. The molecule has 1 saturated heterocycles. The third-order valence-corrected chi connectivity index (χ3v) is 2.62. The highest BCUT2D eigenvalue weighted by molar-refractivity contribution is 5.74. The van der Waals surface area contributed by atoms with Crippen LogP contribution in [-0.2, 0) is 0 Å². The van der Waals surface area contributed by atoms with Crippen molar-refractivity contribution in [2.24, 2.45) is 0 Å². The quantitative estimate of drug-likeness (QED) is 0.712. The molecule has 0 spiro atoms. The molecule has 4 heteroatoms. The summed E-state index contributed by atoms with van der Waals surface area (Å²) >= 11 is 0. The Morgan fingerprint density at radius 2 is 2.21 bits per heavy atom. The van der Waals surface area contributed by atoms with Crippen molar-refractivity contribution in [1.82, 2.24) is 15.1 Å². The van der Waals surface area contributed by atoms with Gasteiger partial charge >= 0.3 is 6.03 Å². The zero-order valence-electron chi connectivity index (χ0n) is 9.42. The number of hydrogen-bond donors (Lipinski definition) is 1. The van der Waals surface area contributed by atoms with Crippen molar-refractivity contribution in [3.63, 3.8) is 0 Å². The average molecular weight is 199 g/mol. The van der Waals surface area contributed by atoms with Crippen LogP contribution in [0.2, 0.25) is 0 Å². The van der Waals surface area contributed by atoms with E-state index in [-0.39, 0.29) is 6.03 Å². The Balaban J connectivity index is 2.39. The minimum absolute atomic E-state index is 0.0902. The van der Waals surface area contributed by atoms with Crippen molar-refractivity contribution in [1.29, 1.82) is 0 Å². The molecule has 14 heavy (non-hydrogen) atoms. The molecule has 0 radical (unpaired) electrons. The maximum absolute atomic E-state index is 11.7. The van der Waals surface area contributed by atoms with E-state index >= 15 is 0 Å². The van der Waals surface area contributed by atoms with E-state index in [1.165, 1.54) is 0 Å². The van der Waals surface area contributed by atoms with Crippen LogP contribution in [0.4, 0.5) is 4.79 Å². The molecule has 4 nitrogen and oxygen atoms in total. The molecule has 1 N–H and O–H groups in total. The molecule has 0 aromatic carbocycles. The van der Waals surface area contributed by atoms with E-state index in [4.69, 9.17) is 0 Å². The van der Waals surface area contributed by atoms with Crippen LogP contribution in [0.5, 0.6) is 0 Å². The molecule has 0 aromatic rings. The van der Waals surface area contributed by atoms with Gasteiger partial charge in [-0.05, 0) is 20.4 Å². The summed E-state index contributed by atoms with van der Waals surface area (Å²) in [6, 6.07) is 0.415. The zero-order chi connectivity index (χ0) is 10.6. The van der Waals surface area contributed by atoms with Crippen molar-refractivity contribution in [2.45, 2.75) is 26.3 Å². The van der Waals surface area contributed by atoms with Gasteiger partial charge in [0.1, 0.15) is 0 Å². The first kappa shape index (κ1) is 11.3. The number of piperazine rings is 1. The molecule has 0 aromatic heterocycles. The van der Waals surface area contributed by atoms with E-state index in [9.17, 15) is 4.79 Å². The fourth-order valence-corrected chi connectivity index (χ4v) is 1.77. The normalized spacial score (nSPS) is 23.6. The predicted octanol–water partition coefficient (Wildman–Crippen LogP) is 0.742. The van der Waals surface area contributed by atoms with Gasteiger partial charge in [0.05, 0.1) is 0 Å². The van der Waals surface area contributed by atoms with E-state index in [0.717, 1.165) is 32.6 Å². The molecular formula is C10H21N3O. The number of hydrogen-bond acceptors (Lipinski definition) is 2. The van der Waals surface area contributed by atoms with E-state index in [2.05, 4.69) is 31.1 Å². The van der Waals surface area contributed by atoms with Crippen molar-refractivity contribution < 1.29 is 4.79 Å². The SMILES string of the molecule is CCCNC(=O)N1CCN(C)CC1C. The summed E-state index contributed by atoms with van der Waals surface area (Å²) in [4.78, 5) is 15.9. The summed E-state index contributed by atoms with van der Waals surface area (Å²) in [7, 11) is 2.10. The Labute approximate surface area is 86.2 Å². The molecule has 1 rings (SSSR count). The van der Waals surface area contributed by atoms with Gasteiger partial charge in [-0.3, -0.25) is 0 Å². The van der Waals surface area contributed by atoms with Crippen LogP contribution in [0.1, 0.15) is 20.3 Å². The Morgan fingerprint density at radius 1 is 1.50 bits per heavy atom. The van der Waals surface area contributed by atoms with Gasteiger partial charge in [0.15, 0.2) is 0 Å². The molecule has 0 bridgehead atoms. The fourth-order valence-electron chi connectivity index (χ4n) is 1.77. The van der Waals surface area contributed by atoms with E-state index in [1.807, 2.05) is 4.90 Å². The monoisotopic (exact) mass is 199 g/mol. The first-order valence-corrected chi connectivity index (χ1v) is 5.38. The van der Waals surface area contributed by atoms with Gasteiger partial charge in [-0.1, -0.05) is 6.92 Å². The van der Waals surface area contributed by atoms with Crippen molar-refractivity contribution >= 4 is 6.03 Å². The molecule has 1 heterocycles. The summed E-state index contributed by atoms with van der Waals surface area (Å²) in [6.07, 6.45) is 0.994. The highest BCUT2D eigenvalue weighted by Crippen LogP contribution is 2.07. The second-order valence-corrected chi connectivity index (χ2v) is 4.04. The lowest BCUT2D eigenvalue weighted by atomic mass is 10.2. The molecule has 1 aliphatic heterocycles. The molecule has 82 valence electrons. The Hall–Kier alpha value is -0.770. The number of carbonyl (C=O) groups excluding carboxylic acids is 1. The number of nitrogens with one attached hydrogen (secondary N) is 1. The average Bonchev–Trinajstić information content (AvgIpc) is 2.14. The minimum atomic E-state index is 0.0902. The maximum atomic E-state index is 11.7. The Morgan fingerprint density at radius 3 is 2.79 bits per heavy atom. The smallest absolute Gasteiger partial charge is 0.317 e. The summed E-state index contributed by atoms with van der Waals surface area (Å²) in [5.41, 5.74) is 0. The van der Waals surface area contributed by atoms with Gasteiger partial charge in [-0.2, -0.15) is 0 Å². The van der Waals surface area contributed by atoms with Gasteiger partial charge < -0.3 is 15.1 Å². The van der Waals surface area contributed by atoms with Crippen LogP contribution in [0.3, 0.4) is 0 Å². The number of nitrogens with zero attached hydrogens (tertiary/aromatic N) is 2. The highest BCUT2D eigenvalue weighted by atomic mass is 16.2. The van der Waals surface area contributed by atoms with Crippen LogP contribution in [0, 0.1) is 0 Å². The summed E-state index contributed by atoms with van der Waals surface area (Å²) < 4.78 is 0. The molecule has 1 atom stereocenters. The van der Waals surface area contributed by atoms with Crippen molar-refractivity contribution in [3.05, 3.63) is 0 Å². The van der Waals surface area contributed by atoms with Gasteiger partial charge in [0.25, 0.3) is 0 Å². The second-order valence-electron chi connectivity index (χ2n) is 4.04.